The van der Waals surface area contributed by atoms with Crippen LogP contribution in [-0.2, 0) is 14.8 Å². The van der Waals surface area contributed by atoms with Crippen LogP contribution in [0.15, 0.2) is 64.0 Å². The van der Waals surface area contributed by atoms with Crippen molar-refractivity contribution in [1.29, 1.82) is 0 Å². The van der Waals surface area contributed by atoms with Gasteiger partial charge in [0.25, 0.3) is 0 Å². The van der Waals surface area contributed by atoms with Gasteiger partial charge in [-0.05, 0) is 42.2 Å². The van der Waals surface area contributed by atoms with Crippen LogP contribution in [-0.4, -0.2) is 44.0 Å². The summed E-state index contributed by atoms with van der Waals surface area (Å²) in [5, 5.41) is 6.52. The molecule has 0 spiro atoms. The lowest BCUT2D eigenvalue weighted by molar-refractivity contribution is -0.114. The van der Waals surface area contributed by atoms with Gasteiger partial charge >= 0.3 is 0 Å². The molecule has 1 aromatic heterocycles. The molecule has 2 heterocycles. The molecule has 0 bridgehead atoms. The molecule has 1 aliphatic rings. The van der Waals surface area contributed by atoms with Crippen LogP contribution in [0.5, 0.6) is 5.75 Å². The van der Waals surface area contributed by atoms with Crippen LogP contribution in [0.1, 0.15) is 24.6 Å². The molecule has 3 aromatic rings. The smallest absolute Gasteiger partial charge is 0.247 e. The Bertz CT molecular complexity index is 1310. The van der Waals surface area contributed by atoms with Crippen LogP contribution >= 0.6 is 0 Å². The van der Waals surface area contributed by atoms with Gasteiger partial charge in [-0.25, -0.2) is 8.42 Å². The standard InChI is InChI=1S/C24H25N3O5S/c1-16-23(24(32-26-16)25-17(2)28)20-9-10-21(31-3)22(15-20)33(29,30)27-13-11-19(12-14-27)18-7-5-4-6-8-18/h4-11,15H,12-14H2,1-3H3,(H,25,28). The summed E-state index contributed by atoms with van der Waals surface area (Å²) in [7, 11) is -2.41. The first-order valence-corrected chi connectivity index (χ1v) is 11.9. The number of aryl methyl sites for hydroxylation is 1. The fourth-order valence-corrected chi connectivity index (χ4v) is 5.47. The first kappa shape index (κ1) is 22.8. The number of amides is 1. The zero-order valence-corrected chi connectivity index (χ0v) is 19.5. The zero-order chi connectivity index (χ0) is 23.6. The summed E-state index contributed by atoms with van der Waals surface area (Å²) in [6, 6.07) is 14.8. The zero-order valence-electron chi connectivity index (χ0n) is 18.7. The van der Waals surface area contributed by atoms with E-state index in [2.05, 4.69) is 10.5 Å². The number of carbonyl (C=O) groups excluding carboxylic acids is 1. The van der Waals surface area contributed by atoms with Crippen LogP contribution in [0.2, 0.25) is 0 Å². The molecule has 2 aromatic carbocycles. The Balaban J connectivity index is 1.70. The maximum absolute atomic E-state index is 13.6. The Hall–Kier alpha value is -3.43. The van der Waals surface area contributed by atoms with Crippen LogP contribution in [0.25, 0.3) is 16.7 Å². The predicted molar refractivity (Wildman–Crippen MR) is 125 cm³/mol. The SMILES string of the molecule is COc1ccc(-c2c(C)noc2NC(C)=O)cc1S(=O)(=O)N1CC=C(c2ccccc2)CC1. The molecule has 0 atom stereocenters. The number of aromatic nitrogens is 1. The number of nitrogens with zero attached hydrogens (tertiary/aromatic N) is 2. The summed E-state index contributed by atoms with van der Waals surface area (Å²) < 4.78 is 39.2. The summed E-state index contributed by atoms with van der Waals surface area (Å²) in [6.07, 6.45) is 2.56. The number of rotatable bonds is 6. The van der Waals surface area contributed by atoms with Gasteiger partial charge in [0.05, 0.1) is 18.4 Å². The summed E-state index contributed by atoms with van der Waals surface area (Å²) in [5.74, 6) is 0.0942. The average Bonchev–Trinajstić information content (AvgIpc) is 3.18. The Morgan fingerprint density at radius 1 is 1.15 bits per heavy atom. The molecule has 8 nitrogen and oxygen atoms in total. The third-order valence-corrected chi connectivity index (χ3v) is 7.43. The lowest BCUT2D eigenvalue weighted by Gasteiger charge is -2.27. The predicted octanol–water partition coefficient (Wildman–Crippen LogP) is 4.10. The van der Waals surface area contributed by atoms with Gasteiger partial charge in [0, 0.05) is 20.0 Å². The fourth-order valence-electron chi connectivity index (χ4n) is 3.91. The van der Waals surface area contributed by atoms with Crippen molar-refractivity contribution in [3.63, 3.8) is 0 Å². The molecular weight excluding hydrogens is 442 g/mol. The minimum Gasteiger partial charge on any atom is -0.495 e. The maximum Gasteiger partial charge on any atom is 0.247 e. The van der Waals surface area contributed by atoms with Crippen molar-refractivity contribution >= 4 is 27.4 Å². The highest BCUT2D eigenvalue weighted by Crippen LogP contribution is 2.37. The van der Waals surface area contributed by atoms with Gasteiger partial charge in [-0.2, -0.15) is 4.31 Å². The Morgan fingerprint density at radius 2 is 1.91 bits per heavy atom. The van der Waals surface area contributed by atoms with Gasteiger partial charge in [-0.15, -0.1) is 0 Å². The van der Waals surface area contributed by atoms with Crippen molar-refractivity contribution in [2.75, 3.05) is 25.5 Å². The number of hydrogen-bond acceptors (Lipinski definition) is 6. The van der Waals surface area contributed by atoms with Crippen molar-refractivity contribution in [3.8, 4) is 16.9 Å². The number of methoxy groups -OCH3 is 1. The van der Waals surface area contributed by atoms with Crippen LogP contribution in [0.3, 0.4) is 0 Å². The molecule has 9 heteroatoms. The van der Waals surface area contributed by atoms with Gasteiger partial charge < -0.3 is 9.26 Å². The molecule has 0 fully saturated rings. The van der Waals surface area contributed by atoms with E-state index in [4.69, 9.17) is 9.26 Å². The van der Waals surface area contributed by atoms with Crippen LogP contribution in [0.4, 0.5) is 5.88 Å². The van der Waals surface area contributed by atoms with Gasteiger partial charge in [0.1, 0.15) is 10.6 Å². The molecule has 1 aliphatic heterocycles. The molecule has 33 heavy (non-hydrogen) atoms. The van der Waals surface area contributed by atoms with E-state index in [9.17, 15) is 13.2 Å². The summed E-state index contributed by atoms with van der Waals surface area (Å²) >= 11 is 0. The van der Waals surface area contributed by atoms with Crippen LogP contribution < -0.4 is 10.1 Å². The molecule has 4 rings (SSSR count). The number of ether oxygens (including phenoxy) is 1. The Morgan fingerprint density at radius 3 is 2.55 bits per heavy atom. The number of anilines is 1. The monoisotopic (exact) mass is 467 g/mol. The molecule has 172 valence electrons. The Labute approximate surface area is 192 Å². The van der Waals surface area contributed by atoms with Crippen molar-refractivity contribution in [1.82, 2.24) is 9.46 Å². The van der Waals surface area contributed by atoms with Crippen LogP contribution in [0, 0.1) is 6.92 Å². The number of hydrogen-bond donors (Lipinski definition) is 1. The highest BCUT2D eigenvalue weighted by Gasteiger charge is 2.30. The first-order chi connectivity index (χ1) is 15.8. The lowest BCUT2D eigenvalue weighted by atomic mass is 10.0. The van der Waals surface area contributed by atoms with E-state index in [1.807, 2.05) is 36.4 Å². The van der Waals surface area contributed by atoms with Gasteiger partial charge in [0.15, 0.2) is 0 Å². The third kappa shape index (κ3) is 4.55. The van der Waals surface area contributed by atoms with Crippen molar-refractivity contribution in [2.24, 2.45) is 0 Å². The van der Waals surface area contributed by atoms with Crippen molar-refractivity contribution in [3.05, 3.63) is 65.9 Å². The highest BCUT2D eigenvalue weighted by atomic mass is 32.2. The summed E-state index contributed by atoms with van der Waals surface area (Å²) in [6.45, 7) is 3.71. The second-order valence-electron chi connectivity index (χ2n) is 7.73. The second kappa shape index (κ2) is 9.21. The normalized spacial score (nSPS) is 14.6. The Kier molecular flexibility index (Phi) is 6.35. The molecule has 0 saturated heterocycles. The highest BCUT2D eigenvalue weighted by molar-refractivity contribution is 7.89. The van der Waals surface area contributed by atoms with E-state index in [-0.39, 0.29) is 29.0 Å². The van der Waals surface area contributed by atoms with Gasteiger partial charge in [0.2, 0.25) is 21.8 Å². The van der Waals surface area contributed by atoms with E-state index < -0.39 is 10.0 Å². The van der Waals surface area contributed by atoms with Crippen molar-refractivity contribution < 1.29 is 22.5 Å². The molecular formula is C24H25N3O5S. The van der Waals surface area contributed by atoms with Gasteiger partial charge in [-0.1, -0.05) is 47.6 Å². The molecule has 0 aliphatic carbocycles. The third-order valence-electron chi connectivity index (χ3n) is 5.54. The van der Waals surface area contributed by atoms with Gasteiger partial charge in [-0.3, -0.25) is 10.1 Å². The minimum absolute atomic E-state index is 0.0495. The molecule has 1 N–H and O–H groups in total. The number of nitrogens with one attached hydrogen (secondary N) is 1. The number of sulfonamides is 1. The molecule has 0 radical (unpaired) electrons. The minimum atomic E-state index is -3.85. The largest absolute Gasteiger partial charge is 0.495 e. The topological polar surface area (TPSA) is 102 Å². The van der Waals surface area contributed by atoms with E-state index in [1.54, 1.807) is 19.1 Å². The number of benzene rings is 2. The molecule has 0 saturated carbocycles. The maximum atomic E-state index is 13.6. The first-order valence-electron chi connectivity index (χ1n) is 10.5. The summed E-state index contributed by atoms with van der Waals surface area (Å²) in [4.78, 5) is 11.6. The lowest BCUT2D eigenvalue weighted by Crippen LogP contribution is -2.35. The quantitative estimate of drug-likeness (QED) is 0.586. The van der Waals surface area contributed by atoms with Crippen molar-refractivity contribution in [2.45, 2.75) is 25.2 Å². The van der Waals surface area contributed by atoms with E-state index in [0.29, 0.717) is 29.8 Å². The van der Waals surface area contributed by atoms with E-state index in [1.165, 1.54) is 24.4 Å². The molecule has 0 unspecified atom stereocenters. The summed E-state index contributed by atoms with van der Waals surface area (Å²) in [5.41, 5.74) is 3.83. The van der Waals surface area contributed by atoms with E-state index in [0.717, 1.165) is 11.1 Å². The number of carbonyl (C=O) groups is 1. The molecule has 1 amide bonds. The fraction of sp³-hybridized carbons (Fsp3) is 0.250. The van der Waals surface area contributed by atoms with E-state index >= 15 is 0 Å². The average molecular weight is 468 g/mol. The second-order valence-corrected chi connectivity index (χ2v) is 9.63.